The van der Waals surface area contributed by atoms with Gasteiger partial charge in [-0.2, -0.15) is 0 Å². The van der Waals surface area contributed by atoms with Gasteiger partial charge in [0.25, 0.3) is 0 Å². The Morgan fingerprint density at radius 2 is 2.04 bits per heavy atom. The maximum absolute atomic E-state index is 5.54. The van der Waals surface area contributed by atoms with Crippen LogP contribution in [-0.2, 0) is 17.7 Å². The van der Waals surface area contributed by atoms with Crippen LogP contribution < -0.4 is 5.32 Å². The van der Waals surface area contributed by atoms with E-state index in [1.54, 1.807) is 0 Å². The van der Waals surface area contributed by atoms with Crippen molar-refractivity contribution in [3.63, 3.8) is 0 Å². The molecule has 132 valence electrons. The fraction of sp³-hybridized carbons (Fsp3) is 0.650. The fourth-order valence-corrected chi connectivity index (χ4v) is 3.44. The molecule has 0 saturated heterocycles. The molecule has 0 aromatic heterocycles. The van der Waals surface area contributed by atoms with Gasteiger partial charge >= 0.3 is 0 Å². The predicted octanol–water partition coefficient (Wildman–Crippen LogP) is 3.22. The molecule has 0 bridgehead atoms. The predicted molar refractivity (Wildman–Crippen MR) is 99.3 cm³/mol. The molecule has 1 heterocycles. The second-order valence-electron chi connectivity index (χ2n) is 7.06. The average molecular weight is 329 g/mol. The number of ether oxygens (including phenoxy) is 1. The van der Waals surface area contributed by atoms with Crippen LogP contribution in [0.2, 0.25) is 0 Å². The first kappa shape index (κ1) is 17.3. The Kier molecular flexibility index (Phi) is 5.77. The zero-order valence-corrected chi connectivity index (χ0v) is 15.2. The summed E-state index contributed by atoms with van der Waals surface area (Å²) in [5.41, 5.74) is 3.33. The van der Waals surface area contributed by atoms with Gasteiger partial charge in [-0.15, -0.1) is 0 Å². The summed E-state index contributed by atoms with van der Waals surface area (Å²) in [6, 6.07) is 8.78. The highest BCUT2D eigenvalue weighted by Gasteiger charge is 2.42. The van der Waals surface area contributed by atoms with Crippen LogP contribution in [0.25, 0.3) is 0 Å². The minimum atomic E-state index is 0.406. The highest BCUT2D eigenvalue weighted by molar-refractivity contribution is 5.80. The molecule has 3 rings (SSSR count). The zero-order chi connectivity index (χ0) is 16.8. The van der Waals surface area contributed by atoms with Crippen molar-refractivity contribution in [2.75, 3.05) is 32.8 Å². The first-order chi connectivity index (χ1) is 11.8. The quantitative estimate of drug-likeness (QED) is 0.474. The number of fused-ring (bicyclic) bond motifs is 1. The fourth-order valence-electron chi connectivity index (χ4n) is 3.44. The molecule has 0 radical (unpaired) electrons. The molecule has 0 amide bonds. The van der Waals surface area contributed by atoms with Gasteiger partial charge in [0.15, 0.2) is 5.96 Å². The Bertz CT molecular complexity index is 566. The van der Waals surface area contributed by atoms with Crippen molar-refractivity contribution in [3.8, 4) is 0 Å². The first-order valence-corrected chi connectivity index (χ1v) is 9.44. The van der Waals surface area contributed by atoms with Crippen molar-refractivity contribution >= 4 is 5.96 Å². The molecule has 2 aliphatic rings. The van der Waals surface area contributed by atoms with Gasteiger partial charge in [0.05, 0.1) is 0 Å². The number of hydrogen-bond acceptors (Lipinski definition) is 2. The summed E-state index contributed by atoms with van der Waals surface area (Å²) in [4.78, 5) is 7.41. The van der Waals surface area contributed by atoms with Crippen molar-refractivity contribution in [1.82, 2.24) is 10.2 Å². The third kappa shape index (κ3) is 4.29. The van der Waals surface area contributed by atoms with E-state index in [0.29, 0.717) is 5.41 Å². The molecule has 1 saturated carbocycles. The summed E-state index contributed by atoms with van der Waals surface area (Å²) in [7, 11) is 0. The monoisotopic (exact) mass is 329 g/mol. The van der Waals surface area contributed by atoms with Crippen LogP contribution in [0.4, 0.5) is 0 Å². The molecule has 1 N–H and O–H groups in total. The molecule has 4 nitrogen and oxygen atoms in total. The molecule has 0 spiro atoms. The van der Waals surface area contributed by atoms with Gasteiger partial charge in [0.2, 0.25) is 0 Å². The summed E-state index contributed by atoms with van der Waals surface area (Å²) in [5, 5.41) is 3.50. The molecule has 0 unspecified atom stereocenters. The van der Waals surface area contributed by atoms with Gasteiger partial charge in [-0.05, 0) is 56.1 Å². The summed E-state index contributed by atoms with van der Waals surface area (Å²) in [6.45, 7) is 9.77. The molecule has 1 aliphatic heterocycles. The van der Waals surface area contributed by atoms with Crippen molar-refractivity contribution in [1.29, 1.82) is 0 Å². The minimum Gasteiger partial charge on any atom is -0.382 e. The van der Waals surface area contributed by atoms with E-state index in [2.05, 4.69) is 48.3 Å². The smallest absolute Gasteiger partial charge is 0.194 e. The van der Waals surface area contributed by atoms with E-state index in [4.69, 9.17) is 9.73 Å². The van der Waals surface area contributed by atoms with E-state index in [1.165, 1.54) is 24.0 Å². The number of nitrogens with zero attached hydrogens (tertiary/aromatic N) is 2. The van der Waals surface area contributed by atoms with Gasteiger partial charge in [0.1, 0.15) is 0 Å². The van der Waals surface area contributed by atoms with E-state index in [0.717, 1.165) is 58.2 Å². The van der Waals surface area contributed by atoms with Gasteiger partial charge in [-0.25, -0.2) is 0 Å². The molecule has 0 atom stereocenters. The lowest BCUT2D eigenvalue weighted by atomic mass is 10.0. The molecule has 24 heavy (non-hydrogen) atoms. The van der Waals surface area contributed by atoms with Crippen LogP contribution in [0.15, 0.2) is 29.3 Å². The highest BCUT2D eigenvalue weighted by atomic mass is 16.5. The van der Waals surface area contributed by atoms with Gasteiger partial charge in [-0.3, -0.25) is 4.99 Å². The third-order valence-corrected chi connectivity index (χ3v) is 5.27. The molecule has 1 aromatic carbocycles. The molecular weight excluding hydrogens is 298 g/mol. The molecule has 1 fully saturated rings. The number of nitrogens with one attached hydrogen (secondary N) is 1. The van der Waals surface area contributed by atoms with Crippen molar-refractivity contribution in [2.45, 2.75) is 46.1 Å². The van der Waals surface area contributed by atoms with Crippen LogP contribution >= 0.6 is 0 Å². The zero-order valence-electron chi connectivity index (χ0n) is 15.2. The van der Waals surface area contributed by atoms with E-state index in [-0.39, 0.29) is 0 Å². The lowest BCUT2D eigenvalue weighted by Gasteiger charge is -2.32. The largest absolute Gasteiger partial charge is 0.382 e. The van der Waals surface area contributed by atoms with Crippen LogP contribution in [0.1, 0.15) is 44.2 Å². The lowest BCUT2D eigenvalue weighted by Crippen LogP contribution is -2.44. The van der Waals surface area contributed by atoms with E-state index < -0.39 is 0 Å². The van der Waals surface area contributed by atoms with Gasteiger partial charge in [-0.1, -0.05) is 24.3 Å². The Morgan fingerprint density at radius 1 is 1.25 bits per heavy atom. The number of hydrogen-bond donors (Lipinski definition) is 1. The van der Waals surface area contributed by atoms with Crippen molar-refractivity contribution in [2.24, 2.45) is 10.4 Å². The third-order valence-electron chi connectivity index (χ3n) is 5.27. The maximum atomic E-state index is 5.54. The topological polar surface area (TPSA) is 36.9 Å². The highest BCUT2D eigenvalue weighted by Crippen LogP contribution is 2.49. The maximum Gasteiger partial charge on any atom is 0.194 e. The number of rotatable bonds is 7. The average Bonchev–Trinajstić information content (AvgIpc) is 3.38. The number of guanidine groups is 1. The second-order valence-corrected chi connectivity index (χ2v) is 7.06. The first-order valence-electron chi connectivity index (χ1n) is 9.44. The Morgan fingerprint density at radius 3 is 2.75 bits per heavy atom. The Hall–Kier alpha value is -1.55. The normalized spacial score (nSPS) is 19.1. The van der Waals surface area contributed by atoms with Gasteiger partial charge in [0, 0.05) is 39.4 Å². The summed E-state index contributed by atoms with van der Waals surface area (Å²) >= 11 is 0. The molecule has 1 aromatic rings. The van der Waals surface area contributed by atoms with E-state index in [1.807, 2.05) is 0 Å². The van der Waals surface area contributed by atoms with Gasteiger partial charge < -0.3 is 15.0 Å². The summed E-state index contributed by atoms with van der Waals surface area (Å²) in [6.07, 6.45) is 4.85. The second kappa shape index (κ2) is 8.02. The Labute approximate surface area is 146 Å². The number of benzene rings is 1. The minimum absolute atomic E-state index is 0.406. The van der Waals surface area contributed by atoms with Crippen LogP contribution in [0, 0.1) is 5.41 Å². The summed E-state index contributed by atoms with van der Waals surface area (Å²) in [5.74, 6) is 1.08. The Balaban J connectivity index is 1.62. The SMILES string of the molecule is CCNC(=NCC1(CCOCC)CC1)N1CCc2ccccc2C1. The van der Waals surface area contributed by atoms with E-state index >= 15 is 0 Å². The molecular formula is C20H31N3O. The number of aliphatic imine (C=N–C) groups is 1. The standard InChI is InChI=1S/C20H31N3O/c1-3-21-19(22-16-20(10-11-20)12-14-24-4-2)23-13-9-17-7-5-6-8-18(17)15-23/h5-8H,3-4,9-16H2,1-2H3,(H,21,22). The van der Waals surface area contributed by atoms with Crippen LogP contribution in [0.3, 0.4) is 0 Å². The van der Waals surface area contributed by atoms with Crippen LogP contribution in [0.5, 0.6) is 0 Å². The van der Waals surface area contributed by atoms with Crippen LogP contribution in [-0.4, -0.2) is 43.7 Å². The molecule has 4 heteroatoms. The lowest BCUT2D eigenvalue weighted by molar-refractivity contribution is 0.129. The van der Waals surface area contributed by atoms with Crippen molar-refractivity contribution in [3.05, 3.63) is 35.4 Å². The van der Waals surface area contributed by atoms with E-state index in [9.17, 15) is 0 Å². The van der Waals surface area contributed by atoms with Crippen molar-refractivity contribution < 1.29 is 4.74 Å². The summed E-state index contributed by atoms with van der Waals surface area (Å²) < 4.78 is 5.54. The molecule has 1 aliphatic carbocycles.